The number of nitrogens with zero attached hydrogens (tertiary/aromatic N) is 6. The van der Waals surface area contributed by atoms with Crippen molar-refractivity contribution in [2.45, 2.75) is 187 Å². The van der Waals surface area contributed by atoms with Crippen LogP contribution in [0.2, 0.25) is 0 Å². The van der Waals surface area contributed by atoms with Crippen molar-refractivity contribution in [1.29, 1.82) is 0 Å². The Morgan fingerprint density at radius 1 is 0.645 bits per heavy atom. The van der Waals surface area contributed by atoms with Crippen molar-refractivity contribution in [2.75, 3.05) is 26.2 Å². The second-order valence-electron chi connectivity index (χ2n) is 20.3. The van der Waals surface area contributed by atoms with Crippen LogP contribution in [0.15, 0.2) is 9.05 Å². The van der Waals surface area contributed by atoms with Crippen LogP contribution in [-0.4, -0.2) is 102 Å². The van der Waals surface area contributed by atoms with Crippen molar-refractivity contribution in [1.82, 2.24) is 30.1 Å². The molecule has 346 valence electrons. The van der Waals surface area contributed by atoms with Crippen molar-refractivity contribution >= 4 is 29.7 Å². The van der Waals surface area contributed by atoms with E-state index in [4.69, 9.17) is 23.6 Å². The van der Waals surface area contributed by atoms with Crippen molar-refractivity contribution in [2.24, 2.45) is 23.7 Å². The number of aromatic nitrogens is 4. The number of carbonyl (C=O) groups is 5. The summed E-state index contributed by atoms with van der Waals surface area (Å²) in [5.41, 5.74) is -1.12. The number of carboxylic acids is 1. The molecular weight excluding hydrogens is 797 g/mol. The van der Waals surface area contributed by atoms with E-state index in [0.29, 0.717) is 18.2 Å². The normalized spacial score (nSPS) is 19.1. The van der Waals surface area contributed by atoms with Crippen molar-refractivity contribution in [3.05, 3.63) is 23.4 Å². The van der Waals surface area contributed by atoms with Gasteiger partial charge in [-0.1, -0.05) is 107 Å². The number of carboxylic acid groups (broad SMARTS) is 1. The van der Waals surface area contributed by atoms with Crippen LogP contribution in [0.1, 0.15) is 209 Å². The smallest absolute Gasteiger partial charge is 0.310 e. The minimum Gasteiger partial charge on any atom is -0.481 e. The van der Waals surface area contributed by atoms with Gasteiger partial charge >= 0.3 is 17.9 Å². The first kappa shape index (κ1) is 48.7. The fraction of sp³-hybridized carbons (Fsp3) is 0.804. The Labute approximate surface area is 367 Å². The summed E-state index contributed by atoms with van der Waals surface area (Å²) in [6.07, 6.45) is 19.1. The largest absolute Gasteiger partial charge is 0.481 e. The van der Waals surface area contributed by atoms with Crippen LogP contribution >= 0.6 is 0 Å². The third kappa shape index (κ3) is 15.5. The molecule has 2 amide bonds. The van der Waals surface area contributed by atoms with Gasteiger partial charge in [0.05, 0.1) is 18.8 Å². The van der Waals surface area contributed by atoms with E-state index in [9.17, 15) is 24.0 Å². The van der Waals surface area contributed by atoms with Crippen LogP contribution in [0.5, 0.6) is 0 Å². The van der Waals surface area contributed by atoms with Gasteiger partial charge in [0.25, 0.3) is 23.5 Å². The highest BCUT2D eigenvalue weighted by Crippen LogP contribution is 2.34. The Bertz CT molecular complexity index is 1770. The van der Waals surface area contributed by atoms with Gasteiger partial charge in [0.1, 0.15) is 11.2 Å². The second-order valence-corrected chi connectivity index (χ2v) is 20.3. The first-order chi connectivity index (χ1) is 29.3. The van der Waals surface area contributed by atoms with Crippen LogP contribution in [-0.2, 0) is 23.9 Å². The maximum absolute atomic E-state index is 12.5. The minimum absolute atomic E-state index is 0.0923. The SMILES string of the molecule is CC(C)(C)OC(=O)C[C@@H](CCCC1CCCCC1)c1nc(C(=O)N2CC(C(=O)O)C2)no1.CC1CN(C(=O)c2noc([C@H](CCCC3CCCCC3)CC(=O)OC(C)(C)C)n2)C1. The highest BCUT2D eigenvalue weighted by Gasteiger charge is 2.38. The molecule has 2 aromatic rings. The monoisotopic (exact) mass is 869 g/mol. The lowest BCUT2D eigenvalue weighted by atomic mass is 9.84. The molecule has 0 bridgehead atoms. The minimum atomic E-state index is -0.918. The fourth-order valence-corrected chi connectivity index (χ4v) is 8.98. The van der Waals surface area contributed by atoms with Gasteiger partial charge in [-0.25, -0.2) is 0 Å². The lowest BCUT2D eigenvalue weighted by Gasteiger charge is -2.36. The highest BCUT2D eigenvalue weighted by molar-refractivity contribution is 5.92. The summed E-state index contributed by atoms with van der Waals surface area (Å²) in [5.74, 6) is -0.568. The zero-order chi connectivity index (χ0) is 45.0. The number of hydrogen-bond acceptors (Lipinski definition) is 13. The average molecular weight is 869 g/mol. The molecule has 2 saturated heterocycles. The molecule has 0 radical (unpaired) electrons. The van der Waals surface area contributed by atoms with Gasteiger partial charge in [0.15, 0.2) is 0 Å². The van der Waals surface area contributed by atoms with E-state index in [-0.39, 0.29) is 73.2 Å². The van der Waals surface area contributed by atoms with Gasteiger partial charge in [-0.3, -0.25) is 24.0 Å². The molecule has 2 aliphatic heterocycles. The van der Waals surface area contributed by atoms with Gasteiger partial charge in [0.2, 0.25) is 11.8 Å². The average Bonchev–Trinajstić information content (AvgIpc) is 3.86. The van der Waals surface area contributed by atoms with Crippen molar-refractivity contribution < 1.29 is 47.6 Å². The molecule has 2 aromatic heterocycles. The fourth-order valence-electron chi connectivity index (χ4n) is 8.98. The molecule has 62 heavy (non-hydrogen) atoms. The summed E-state index contributed by atoms with van der Waals surface area (Å²) < 4.78 is 21.8. The summed E-state index contributed by atoms with van der Waals surface area (Å²) in [6.45, 7) is 14.9. The van der Waals surface area contributed by atoms with E-state index in [2.05, 4.69) is 27.2 Å². The molecule has 4 aliphatic rings. The predicted molar refractivity (Wildman–Crippen MR) is 228 cm³/mol. The molecule has 2 atom stereocenters. The summed E-state index contributed by atoms with van der Waals surface area (Å²) in [7, 11) is 0. The van der Waals surface area contributed by atoms with Gasteiger partial charge in [0, 0.05) is 38.0 Å². The Morgan fingerprint density at radius 3 is 1.39 bits per heavy atom. The third-order valence-corrected chi connectivity index (χ3v) is 12.3. The topological polar surface area (TPSA) is 208 Å². The molecule has 2 aliphatic carbocycles. The molecule has 0 unspecified atom stereocenters. The number of amides is 2. The lowest BCUT2D eigenvalue weighted by Crippen LogP contribution is -2.53. The van der Waals surface area contributed by atoms with Crippen LogP contribution in [0.4, 0.5) is 0 Å². The number of rotatable bonds is 17. The van der Waals surface area contributed by atoms with E-state index in [1.54, 1.807) is 4.90 Å². The number of ether oxygens (including phenoxy) is 2. The summed E-state index contributed by atoms with van der Waals surface area (Å²) in [5, 5.41) is 16.7. The molecule has 4 heterocycles. The number of carbonyl (C=O) groups excluding carboxylic acids is 4. The predicted octanol–water partition coefficient (Wildman–Crippen LogP) is 8.52. The molecule has 0 spiro atoms. The standard InChI is InChI=1S/C23H35N3O6.C23H37N3O4/c1-23(2,3)31-18(27)12-16(11-7-10-15-8-5-4-6-9-15)20-24-19(25-32-20)21(28)26-13-17(14-26)22(29)30;1-16-14-26(15-16)22(28)20-24-21(30-25-20)18(13-19(27)29-23(2,3)4)12-8-11-17-9-6-5-7-10-17/h15-17H,4-14H2,1-3H3,(H,29,30);16-18H,5-15H2,1-4H3/t16-;18-/m11/s1. The van der Waals surface area contributed by atoms with Crippen LogP contribution in [0.25, 0.3) is 0 Å². The van der Waals surface area contributed by atoms with E-state index in [1.165, 1.54) is 69.1 Å². The van der Waals surface area contributed by atoms with Crippen molar-refractivity contribution in [3.8, 4) is 0 Å². The Balaban J connectivity index is 0.000000235. The van der Waals surface area contributed by atoms with E-state index in [0.717, 1.165) is 57.0 Å². The number of aliphatic carboxylic acids is 1. The van der Waals surface area contributed by atoms with Gasteiger partial charge in [-0.15, -0.1) is 0 Å². The van der Waals surface area contributed by atoms with Crippen molar-refractivity contribution in [3.63, 3.8) is 0 Å². The number of esters is 2. The Kier molecular flexibility index (Phi) is 17.5. The maximum Gasteiger partial charge on any atom is 0.310 e. The second kappa shape index (κ2) is 22.3. The van der Waals surface area contributed by atoms with E-state index >= 15 is 0 Å². The number of hydrogen-bond donors (Lipinski definition) is 1. The number of likely N-dealkylation sites (tertiary alicyclic amines) is 2. The van der Waals surface area contributed by atoms with Gasteiger partial charge < -0.3 is 33.4 Å². The molecule has 4 fully saturated rings. The van der Waals surface area contributed by atoms with Crippen LogP contribution in [0, 0.1) is 23.7 Å². The maximum atomic E-state index is 12.5. The first-order valence-electron chi connectivity index (χ1n) is 23.3. The molecule has 16 heteroatoms. The Morgan fingerprint density at radius 2 is 1.03 bits per heavy atom. The Hall–Kier alpha value is -4.37. The first-order valence-corrected chi connectivity index (χ1v) is 23.3. The van der Waals surface area contributed by atoms with Gasteiger partial charge in [-0.05, 0) is 72.1 Å². The van der Waals surface area contributed by atoms with E-state index < -0.39 is 29.0 Å². The highest BCUT2D eigenvalue weighted by atomic mass is 16.6. The molecule has 2 saturated carbocycles. The quantitative estimate of drug-likeness (QED) is 0.148. The zero-order valence-electron chi connectivity index (χ0n) is 38.3. The lowest BCUT2D eigenvalue weighted by molar-refractivity contribution is -0.156. The molecule has 0 aromatic carbocycles. The molecular formula is C46H72N6O10. The zero-order valence-corrected chi connectivity index (χ0v) is 38.3. The van der Waals surface area contributed by atoms with Crippen LogP contribution in [0.3, 0.4) is 0 Å². The summed E-state index contributed by atoms with van der Waals surface area (Å²) >= 11 is 0. The van der Waals surface area contributed by atoms with Gasteiger partial charge in [-0.2, -0.15) is 9.97 Å². The molecule has 6 rings (SSSR count). The third-order valence-electron chi connectivity index (χ3n) is 12.3. The van der Waals surface area contributed by atoms with E-state index in [1.807, 2.05) is 41.5 Å². The molecule has 1 N–H and O–H groups in total. The summed E-state index contributed by atoms with van der Waals surface area (Å²) in [4.78, 5) is 72.7. The summed E-state index contributed by atoms with van der Waals surface area (Å²) in [6, 6.07) is 0. The molecule has 16 nitrogen and oxygen atoms in total. The van der Waals surface area contributed by atoms with Crippen LogP contribution < -0.4 is 0 Å².